The molecule has 0 radical (unpaired) electrons. The quantitative estimate of drug-likeness (QED) is 0.307. The molecule has 0 bridgehead atoms. The molecule has 0 fully saturated rings. The van der Waals surface area contributed by atoms with E-state index in [0.717, 1.165) is 5.17 Å². The average molecular weight is 108 g/mol. The van der Waals surface area contributed by atoms with Gasteiger partial charge < -0.3 is 0 Å². The Balaban J connectivity index is 2.63. The van der Waals surface area contributed by atoms with Crippen molar-refractivity contribution < 1.29 is 4.28 Å². The Morgan fingerprint density at radius 3 is 2.33 bits per heavy atom. The minimum absolute atomic E-state index is 1.14. The summed E-state index contributed by atoms with van der Waals surface area (Å²) in [5, 5.41) is 1.14. The molecule has 6 heavy (non-hydrogen) atoms. The third-order valence-corrected chi connectivity index (χ3v) is 0.576. The van der Waals surface area contributed by atoms with E-state index in [1.54, 1.807) is 13.3 Å². The summed E-state index contributed by atoms with van der Waals surface area (Å²) >= 11 is 1.21. The number of hydrogen-bond acceptors (Lipinski definition) is 4. The van der Waals surface area contributed by atoms with Crippen molar-refractivity contribution in [1.82, 2.24) is 5.17 Å². The summed E-state index contributed by atoms with van der Waals surface area (Å²) in [4.78, 5) is 0. The smallest absolute Gasteiger partial charge is 0.0298 e. The maximum absolute atomic E-state index is 4.99. The predicted octanol–water partition coefficient (Wildman–Crippen LogP) is 0.00150. The van der Waals surface area contributed by atoms with Gasteiger partial charge in [-0.25, -0.2) is 10.1 Å². The molecule has 0 saturated carbocycles. The lowest BCUT2D eigenvalue weighted by Gasteiger charge is -2.02. The highest BCUT2D eigenvalue weighted by Gasteiger charge is 1.79. The minimum atomic E-state index is 1.14. The van der Waals surface area contributed by atoms with Crippen LogP contribution in [0.2, 0.25) is 0 Å². The van der Waals surface area contributed by atoms with Crippen LogP contribution in [-0.2, 0) is 4.28 Å². The molecule has 2 N–H and O–H groups in total. The summed E-state index contributed by atoms with van der Waals surface area (Å²) in [6.45, 7) is 0. The van der Waals surface area contributed by atoms with Crippen molar-refractivity contribution in [2.45, 2.75) is 0 Å². The maximum Gasteiger partial charge on any atom is 0.0298 e. The molecule has 3 nitrogen and oxygen atoms in total. The predicted molar refractivity (Wildman–Crippen MR) is 26.6 cm³/mol. The fraction of sp³-hybridized carbons (Fsp3) is 1.00. The first-order valence-electron chi connectivity index (χ1n) is 1.46. The van der Waals surface area contributed by atoms with Crippen molar-refractivity contribution in [2.75, 3.05) is 13.3 Å². The first kappa shape index (κ1) is 6.23. The first-order valence-corrected chi connectivity index (χ1v) is 2.61. The Morgan fingerprint density at radius 2 is 2.33 bits per heavy atom. The van der Waals surface area contributed by atoms with Gasteiger partial charge in [0.1, 0.15) is 0 Å². The molecule has 4 heteroatoms. The van der Waals surface area contributed by atoms with Gasteiger partial charge in [-0.1, -0.05) is 0 Å². The van der Waals surface area contributed by atoms with Gasteiger partial charge in [-0.05, 0) is 0 Å². The monoisotopic (exact) mass is 108 g/mol. The molecule has 0 amide bonds. The van der Waals surface area contributed by atoms with Crippen LogP contribution in [0.25, 0.3) is 0 Å². The second-order valence-electron chi connectivity index (χ2n) is 0.787. The van der Waals surface area contributed by atoms with E-state index in [9.17, 15) is 0 Å². The van der Waals surface area contributed by atoms with Crippen molar-refractivity contribution in [1.29, 1.82) is 0 Å². The molecule has 0 aliphatic rings. The molecule has 0 aromatic heterocycles. The number of hydrazine groups is 1. The topological polar surface area (TPSA) is 38.5 Å². The van der Waals surface area contributed by atoms with Crippen LogP contribution in [0.15, 0.2) is 0 Å². The van der Waals surface area contributed by atoms with Gasteiger partial charge in [-0.3, -0.25) is 0 Å². The molecule has 0 aromatic carbocycles. The van der Waals surface area contributed by atoms with Crippen molar-refractivity contribution in [3.05, 3.63) is 0 Å². The van der Waals surface area contributed by atoms with Crippen LogP contribution >= 0.6 is 12.0 Å². The molecule has 0 spiro atoms. The lowest BCUT2D eigenvalue weighted by Crippen LogP contribution is -2.22. The molecule has 0 saturated heterocycles. The van der Waals surface area contributed by atoms with Crippen molar-refractivity contribution in [3.63, 3.8) is 0 Å². The second-order valence-corrected chi connectivity index (χ2v) is 1.27. The fourth-order valence-electron chi connectivity index (χ4n) is 0.118. The Bertz CT molecular complexity index is 32.7. The van der Waals surface area contributed by atoms with Gasteiger partial charge in [0.15, 0.2) is 0 Å². The second kappa shape index (κ2) is 3.42. The number of hydroxylamine groups is 1. The zero-order valence-corrected chi connectivity index (χ0v) is 4.66. The number of nitrogens with two attached hydrogens (primary N) is 1. The van der Waals surface area contributed by atoms with Gasteiger partial charge >= 0.3 is 0 Å². The van der Waals surface area contributed by atoms with Gasteiger partial charge in [-0.2, -0.15) is 0 Å². The van der Waals surface area contributed by atoms with E-state index < -0.39 is 0 Å². The zero-order chi connectivity index (χ0) is 4.99. The molecular weight excluding hydrogens is 100 g/mol. The molecule has 0 aliphatic carbocycles. The van der Waals surface area contributed by atoms with Crippen LogP contribution in [-0.4, -0.2) is 18.5 Å². The molecule has 0 rings (SSSR count). The van der Waals surface area contributed by atoms with Crippen LogP contribution < -0.4 is 5.84 Å². The number of nitrogens with zero attached hydrogens (tertiary/aromatic N) is 1. The molecule has 0 aliphatic heterocycles. The Labute approximate surface area is 41.6 Å². The van der Waals surface area contributed by atoms with Gasteiger partial charge in [0, 0.05) is 25.3 Å². The Kier molecular flexibility index (Phi) is 3.55. The highest BCUT2D eigenvalue weighted by molar-refractivity contribution is 7.93. The van der Waals surface area contributed by atoms with Gasteiger partial charge in [0.25, 0.3) is 0 Å². The SMILES string of the molecule is CSON(C)N. The zero-order valence-electron chi connectivity index (χ0n) is 3.84. The van der Waals surface area contributed by atoms with Crippen LogP contribution in [0.3, 0.4) is 0 Å². The van der Waals surface area contributed by atoms with Crippen LogP contribution in [0, 0.1) is 0 Å². The van der Waals surface area contributed by atoms with Gasteiger partial charge in [-0.15, -0.1) is 5.17 Å². The van der Waals surface area contributed by atoms with E-state index in [-0.39, 0.29) is 0 Å². The molecule has 0 heterocycles. The van der Waals surface area contributed by atoms with Gasteiger partial charge in [0.05, 0.1) is 0 Å². The summed E-state index contributed by atoms with van der Waals surface area (Å²) in [6, 6.07) is 0. The summed E-state index contributed by atoms with van der Waals surface area (Å²) in [7, 11) is 1.62. The molecule has 0 unspecified atom stereocenters. The van der Waals surface area contributed by atoms with E-state index in [0.29, 0.717) is 0 Å². The molecule has 0 aromatic rings. The Hall–Kier alpha value is 0.230. The van der Waals surface area contributed by atoms with E-state index in [4.69, 9.17) is 5.84 Å². The fourth-order valence-corrected chi connectivity index (χ4v) is 0.353. The average Bonchev–Trinajstić information content (AvgIpc) is 1.35. The van der Waals surface area contributed by atoms with E-state index >= 15 is 0 Å². The summed E-state index contributed by atoms with van der Waals surface area (Å²) in [6.07, 6.45) is 1.80. The van der Waals surface area contributed by atoms with E-state index in [2.05, 4.69) is 4.28 Å². The van der Waals surface area contributed by atoms with Gasteiger partial charge in [0.2, 0.25) is 0 Å². The van der Waals surface area contributed by atoms with E-state index in [1.165, 1.54) is 12.0 Å². The largest absolute Gasteiger partial charge is 0.244 e. The lowest BCUT2D eigenvalue weighted by atomic mass is 11.5. The Morgan fingerprint density at radius 1 is 1.83 bits per heavy atom. The van der Waals surface area contributed by atoms with Crippen molar-refractivity contribution in [2.24, 2.45) is 5.84 Å². The van der Waals surface area contributed by atoms with Crippen LogP contribution in [0.4, 0.5) is 0 Å². The molecule has 0 atom stereocenters. The van der Waals surface area contributed by atoms with Crippen LogP contribution in [0.1, 0.15) is 0 Å². The summed E-state index contributed by atoms with van der Waals surface area (Å²) in [5.41, 5.74) is 0. The normalized spacial score (nSPS) is 10.0. The van der Waals surface area contributed by atoms with Crippen molar-refractivity contribution >= 4 is 12.0 Å². The summed E-state index contributed by atoms with van der Waals surface area (Å²) < 4.78 is 4.57. The van der Waals surface area contributed by atoms with Crippen LogP contribution in [0.5, 0.6) is 0 Å². The minimum Gasteiger partial charge on any atom is -0.244 e. The van der Waals surface area contributed by atoms with Crippen molar-refractivity contribution in [3.8, 4) is 0 Å². The van der Waals surface area contributed by atoms with E-state index in [1.807, 2.05) is 0 Å². The highest BCUT2D eigenvalue weighted by atomic mass is 32.2. The first-order chi connectivity index (χ1) is 2.77. The number of hydrogen-bond donors (Lipinski definition) is 1. The third kappa shape index (κ3) is 4.23. The standard InChI is InChI=1S/C2H8N2OS/c1-4(3)5-6-2/h3H2,1-2H3. The molecule has 38 valence electrons. The maximum atomic E-state index is 4.99. The molecular formula is C2H8N2OS. The third-order valence-electron chi connectivity index (χ3n) is 0.192. The lowest BCUT2D eigenvalue weighted by molar-refractivity contribution is -0.00837. The number of rotatable bonds is 2. The summed E-state index contributed by atoms with van der Waals surface area (Å²) in [5.74, 6) is 4.99. The highest BCUT2D eigenvalue weighted by Crippen LogP contribution is 1.91.